The Hall–Kier alpha value is -2.15. The zero-order valence-electron chi connectivity index (χ0n) is 17.8. The quantitative estimate of drug-likeness (QED) is 0.724. The number of anilines is 1. The zero-order chi connectivity index (χ0) is 20.8. The van der Waals surface area contributed by atoms with Gasteiger partial charge in [-0.25, -0.2) is 0 Å². The maximum absolute atomic E-state index is 13.2. The van der Waals surface area contributed by atoms with Gasteiger partial charge in [-0.3, -0.25) is 19.4 Å². The van der Waals surface area contributed by atoms with Crippen LogP contribution in [0.3, 0.4) is 0 Å². The number of carboxylic acid groups (broad SMARTS) is 1. The van der Waals surface area contributed by atoms with E-state index in [1.807, 2.05) is 48.0 Å². The van der Waals surface area contributed by atoms with Crippen LogP contribution in [0.1, 0.15) is 26.2 Å². The molecule has 30 heavy (non-hydrogen) atoms. The monoisotopic (exact) mass is 433 g/mol. The van der Waals surface area contributed by atoms with Crippen LogP contribution in [0.25, 0.3) is 10.8 Å². The van der Waals surface area contributed by atoms with Gasteiger partial charge in [0, 0.05) is 24.5 Å². The lowest BCUT2D eigenvalue weighted by Crippen LogP contribution is -2.41. The van der Waals surface area contributed by atoms with E-state index < -0.39 is 5.97 Å². The average Bonchev–Trinajstić information content (AvgIpc) is 2.94. The molecule has 0 aliphatic carbocycles. The molecule has 0 saturated carbocycles. The first-order valence-electron chi connectivity index (χ1n) is 10.4. The fourth-order valence-corrected chi connectivity index (χ4v) is 4.28. The number of aliphatic carboxylic acids is 1. The molecule has 1 saturated heterocycles. The minimum absolute atomic E-state index is 0. The van der Waals surface area contributed by atoms with Crippen molar-refractivity contribution in [1.29, 1.82) is 0 Å². The second kappa shape index (κ2) is 11.3. The number of likely N-dealkylation sites (tertiary alicyclic amines) is 1. The normalized spacial score (nSPS) is 17.4. The van der Waals surface area contributed by atoms with Gasteiger partial charge in [0.1, 0.15) is 0 Å². The predicted molar refractivity (Wildman–Crippen MR) is 124 cm³/mol. The molecule has 0 radical (unpaired) electrons. The van der Waals surface area contributed by atoms with E-state index in [4.69, 9.17) is 5.11 Å². The highest BCUT2D eigenvalue weighted by atomic mass is 35.5. The molecular weight excluding hydrogens is 402 g/mol. The molecular formula is C23H32ClN3O3. The number of halogens is 1. The average molecular weight is 434 g/mol. The van der Waals surface area contributed by atoms with Crippen LogP contribution >= 0.6 is 12.4 Å². The van der Waals surface area contributed by atoms with Gasteiger partial charge in [-0.05, 0) is 51.2 Å². The van der Waals surface area contributed by atoms with Gasteiger partial charge in [0.15, 0.2) is 0 Å². The summed E-state index contributed by atoms with van der Waals surface area (Å²) in [7, 11) is 1.87. The van der Waals surface area contributed by atoms with Gasteiger partial charge < -0.3 is 10.0 Å². The van der Waals surface area contributed by atoms with Gasteiger partial charge in [-0.15, -0.1) is 12.4 Å². The smallest absolute Gasteiger partial charge is 0.317 e. The Kier molecular flexibility index (Phi) is 9.08. The minimum Gasteiger partial charge on any atom is -0.480 e. The van der Waals surface area contributed by atoms with Crippen LogP contribution < -0.4 is 4.90 Å². The van der Waals surface area contributed by atoms with Crippen molar-refractivity contribution >= 4 is 40.7 Å². The van der Waals surface area contributed by atoms with Crippen molar-refractivity contribution in [3.8, 4) is 0 Å². The van der Waals surface area contributed by atoms with E-state index in [2.05, 4.69) is 23.1 Å². The first-order valence-corrected chi connectivity index (χ1v) is 10.4. The Morgan fingerprint density at radius 1 is 1.10 bits per heavy atom. The van der Waals surface area contributed by atoms with Crippen molar-refractivity contribution in [2.45, 2.75) is 32.2 Å². The zero-order valence-corrected chi connectivity index (χ0v) is 18.6. The Morgan fingerprint density at radius 2 is 1.83 bits per heavy atom. The van der Waals surface area contributed by atoms with Gasteiger partial charge in [-0.2, -0.15) is 0 Å². The molecule has 1 aliphatic heterocycles. The lowest BCUT2D eigenvalue weighted by Gasteiger charge is -2.27. The highest BCUT2D eigenvalue weighted by Gasteiger charge is 2.24. The van der Waals surface area contributed by atoms with Crippen LogP contribution in [0.4, 0.5) is 5.69 Å². The summed E-state index contributed by atoms with van der Waals surface area (Å²) in [4.78, 5) is 30.1. The third-order valence-electron chi connectivity index (χ3n) is 5.83. The van der Waals surface area contributed by atoms with E-state index in [-0.39, 0.29) is 30.9 Å². The van der Waals surface area contributed by atoms with E-state index >= 15 is 0 Å². The number of hydrogen-bond donors (Lipinski definition) is 1. The molecule has 1 fully saturated rings. The van der Waals surface area contributed by atoms with E-state index in [0.29, 0.717) is 13.1 Å². The molecule has 7 heteroatoms. The van der Waals surface area contributed by atoms with Crippen molar-refractivity contribution in [3.63, 3.8) is 0 Å². The van der Waals surface area contributed by atoms with Crippen molar-refractivity contribution in [2.75, 3.05) is 44.7 Å². The fourth-order valence-electron chi connectivity index (χ4n) is 4.28. The lowest BCUT2D eigenvalue weighted by atomic mass is 10.1. The maximum Gasteiger partial charge on any atom is 0.317 e. The molecule has 2 aromatic rings. The van der Waals surface area contributed by atoms with Crippen molar-refractivity contribution in [3.05, 3.63) is 42.5 Å². The molecule has 1 amide bonds. The number of hydrogen-bond acceptors (Lipinski definition) is 4. The third-order valence-corrected chi connectivity index (χ3v) is 5.83. The molecule has 1 N–H and O–H groups in total. The molecule has 1 atom stereocenters. The van der Waals surface area contributed by atoms with Gasteiger partial charge in [0.2, 0.25) is 5.91 Å². The summed E-state index contributed by atoms with van der Waals surface area (Å²) >= 11 is 0. The SMILES string of the molecule is CCN(C(=O)CN1CCCC(N(C)CC(=O)O)CC1)c1cccc2ccccc12.Cl. The van der Waals surface area contributed by atoms with E-state index in [0.717, 1.165) is 48.8 Å². The van der Waals surface area contributed by atoms with Gasteiger partial charge in [0.05, 0.1) is 18.8 Å². The van der Waals surface area contributed by atoms with E-state index in [9.17, 15) is 9.59 Å². The summed E-state index contributed by atoms with van der Waals surface area (Å²) in [6.45, 7) is 4.79. The van der Waals surface area contributed by atoms with Crippen LogP contribution in [-0.2, 0) is 9.59 Å². The van der Waals surface area contributed by atoms with Crippen molar-refractivity contribution < 1.29 is 14.7 Å². The Labute approximate surface area is 184 Å². The largest absolute Gasteiger partial charge is 0.480 e. The first kappa shape index (κ1) is 24.1. The maximum atomic E-state index is 13.2. The Balaban J connectivity index is 0.00000320. The number of likely N-dealkylation sites (N-methyl/N-ethyl adjacent to an activating group) is 2. The van der Waals surface area contributed by atoms with Gasteiger partial charge >= 0.3 is 5.97 Å². The highest BCUT2D eigenvalue weighted by molar-refractivity contribution is 6.04. The second-order valence-corrected chi connectivity index (χ2v) is 7.81. The molecule has 0 spiro atoms. The molecule has 1 heterocycles. The van der Waals surface area contributed by atoms with Crippen LogP contribution in [0.5, 0.6) is 0 Å². The molecule has 164 valence electrons. The van der Waals surface area contributed by atoms with E-state index in [1.54, 1.807) is 0 Å². The molecule has 2 aromatic carbocycles. The topological polar surface area (TPSA) is 64.1 Å². The summed E-state index contributed by atoms with van der Waals surface area (Å²) in [6, 6.07) is 14.5. The number of carboxylic acids is 1. The summed E-state index contributed by atoms with van der Waals surface area (Å²) in [5.41, 5.74) is 0.962. The number of benzene rings is 2. The van der Waals surface area contributed by atoms with Crippen molar-refractivity contribution in [2.24, 2.45) is 0 Å². The Bertz CT molecular complexity index is 855. The molecule has 0 bridgehead atoms. The Morgan fingerprint density at radius 3 is 2.57 bits per heavy atom. The van der Waals surface area contributed by atoms with E-state index in [1.165, 1.54) is 0 Å². The number of rotatable bonds is 7. The summed E-state index contributed by atoms with van der Waals surface area (Å²) in [5, 5.41) is 11.3. The predicted octanol–water partition coefficient (Wildman–Crippen LogP) is 3.49. The number of nitrogens with zero attached hydrogens (tertiary/aromatic N) is 3. The van der Waals surface area contributed by atoms with Crippen molar-refractivity contribution in [1.82, 2.24) is 9.80 Å². The summed E-state index contributed by atoms with van der Waals surface area (Å²) in [5.74, 6) is -0.682. The first-order chi connectivity index (χ1) is 14.0. The standard InChI is InChI=1S/C23H31N3O3.ClH/c1-3-26(21-12-6-9-18-8-4-5-11-20(18)21)22(27)16-25-14-7-10-19(13-15-25)24(2)17-23(28)29;/h4-6,8-9,11-12,19H,3,7,10,13-17H2,1-2H3,(H,28,29);1H. The number of fused-ring (bicyclic) bond motifs is 1. The van der Waals surface area contributed by atoms with Crippen LogP contribution in [0, 0.1) is 0 Å². The molecule has 6 nitrogen and oxygen atoms in total. The van der Waals surface area contributed by atoms with Gasteiger partial charge in [-0.1, -0.05) is 36.4 Å². The van der Waals surface area contributed by atoms with Gasteiger partial charge in [0.25, 0.3) is 0 Å². The molecule has 1 unspecified atom stereocenters. The number of carbonyl (C=O) groups excluding carboxylic acids is 1. The lowest BCUT2D eigenvalue weighted by molar-refractivity contribution is -0.138. The van der Waals surface area contributed by atoms with Crippen LogP contribution in [0.2, 0.25) is 0 Å². The molecule has 3 rings (SSSR count). The molecule has 0 aromatic heterocycles. The number of amides is 1. The third kappa shape index (κ3) is 5.94. The second-order valence-electron chi connectivity index (χ2n) is 7.81. The van der Waals surface area contributed by atoms with Crippen LogP contribution in [-0.4, -0.2) is 72.6 Å². The molecule has 1 aliphatic rings. The summed E-state index contributed by atoms with van der Waals surface area (Å²) in [6.07, 6.45) is 2.83. The number of carbonyl (C=O) groups is 2. The minimum atomic E-state index is -0.794. The summed E-state index contributed by atoms with van der Waals surface area (Å²) < 4.78 is 0. The fraction of sp³-hybridized carbons (Fsp3) is 0.478. The van der Waals surface area contributed by atoms with Crippen LogP contribution in [0.15, 0.2) is 42.5 Å². The highest BCUT2D eigenvalue weighted by Crippen LogP contribution is 2.27.